The average Bonchev–Trinajstić information content (AvgIpc) is 2.51. The minimum Gasteiger partial charge on any atom is -0.318 e. The summed E-state index contributed by atoms with van der Waals surface area (Å²) in [4.78, 5) is 14.3. The molecular formula is C10H13N3O. The van der Waals surface area contributed by atoms with Gasteiger partial charge in [0.15, 0.2) is 0 Å². The Balaban J connectivity index is 2.51. The summed E-state index contributed by atoms with van der Waals surface area (Å²) >= 11 is 0. The highest BCUT2D eigenvalue weighted by atomic mass is 16.1. The lowest BCUT2D eigenvalue weighted by molar-refractivity contribution is 0.642. The van der Waals surface area contributed by atoms with Crippen LogP contribution in [0.3, 0.4) is 0 Å². The van der Waals surface area contributed by atoms with Gasteiger partial charge in [-0.2, -0.15) is 0 Å². The third kappa shape index (κ3) is 1.44. The number of nitrogens with one attached hydrogen (secondary N) is 2. The number of para-hydroxylation sites is 2. The van der Waals surface area contributed by atoms with Gasteiger partial charge in [-0.25, -0.2) is 4.79 Å². The molecule has 1 heterocycles. The minimum absolute atomic E-state index is 0.0403. The number of nitrogens with zero attached hydrogens (tertiary/aromatic N) is 1. The SMILES string of the molecule is CNCCn1c(=O)[nH]c2ccccc21. The first kappa shape index (κ1) is 9.02. The fourth-order valence-electron chi connectivity index (χ4n) is 1.55. The second-order valence-electron chi connectivity index (χ2n) is 3.20. The van der Waals surface area contributed by atoms with Crippen molar-refractivity contribution in [1.82, 2.24) is 14.9 Å². The van der Waals surface area contributed by atoms with Gasteiger partial charge in [-0.1, -0.05) is 12.1 Å². The number of fused-ring (bicyclic) bond motifs is 1. The standard InChI is InChI=1S/C10H13N3O/c1-11-6-7-13-9-5-3-2-4-8(9)12-10(13)14/h2-5,11H,6-7H2,1H3,(H,12,14). The molecule has 0 aliphatic heterocycles. The number of imidazole rings is 1. The first-order valence-electron chi connectivity index (χ1n) is 4.65. The summed E-state index contributed by atoms with van der Waals surface area (Å²) in [6, 6.07) is 7.71. The van der Waals surface area contributed by atoms with Crippen molar-refractivity contribution in [2.24, 2.45) is 0 Å². The Bertz CT molecular complexity index is 483. The molecule has 2 aromatic rings. The van der Waals surface area contributed by atoms with Crippen molar-refractivity contribution in [2.75, 3.05) is 13.6 Å². The van der Waals surface area contributed by atoms with Crippen molar-refractivity contribution in [2.45, 2.75) is 6.54 Å². The molecule has 74 valence electrons. The summed E-state index contributed by atoms with van der Waals surface area (Å²) in [6.07, 6.45) is 0. The summed E-state index contributed by atoms with van der Waals surface area (Å²) < 4.78 is 1.74. The van der Waals surface area contributed by atoms with E-state index in [9.17, 15) is 4.79 Å². The molecule has 1 aromatic heterocycles. The molecule has 0 aliphatic rings. The first-order chi connectivity index (χ1) is 6.83. The highest BCUT2D eigenvalue weighted by molar-refractivity contribution is 5.74. The van der Waals surface area contributed by atoms with E-state index < -0.39 is 0 Å². The van der Waals surface area contributed by atoms with E-state index in [1.165, 1.54) is 0 Å². The van der Waals surface area contributed by atoms with Crippen LogP contribution in [0.4, 0.5) is 0 Å². The zero-order valence-electron chi connectivity index (χ0n) is 8.08. The van der Waals surface area contributed by atoms with Gasteiger partial charge in [0, 0.05) is 13.1 Å². The average molecular weight is 191 g/mol. The maximum Gasteiger partial charge on any atom is 0.326 e. The van der Waals surface area contributed by atoms with E-state index in [0.29, 0.717) is 6.54 Å². The van der Waals surface area contributed by atoms with Crippen molar-refractivity contribution in [3.63, 3.8) is 0 Å². The summed E-state index contributed by atoms with van der Waals surface area (Å²) in [5, 5.41) is 3.02. The van der Waals surface area contributed by atoms with Gasteiger partial charge < -0.3 is 10.3 Å². The quantitative estimate of drug-likeness (QED) is 0.744. The first-order valence-corrected chi connectivity index (χ1v) is 4.65. The number of likely N-dealkylation sites (N-methyl/N-ethyl adjacent to an activating group) is 1. The summed E-state index contributed by atoms with van der Waals surface area (Å²) in [5.41, 5.74) is 1.82. The molecule has 0 fully saturated rings. The molecule has 0 atom stereocenters. The molecule has 0 bridgehead atoms. The van der Waals surface area contributed by atoms with E-state index in [0.717, 1.165) is 17.6 Å². The molecule has 0 unspecified atom stereocenters. The molecule has 4 nitrogen and oxygen atoms in total. The lowest BCUT2D eigenvalue weighted by atomic mass is 10.3. The Labute approximate surface area is 81.6 Å². The van der Waals surface area contributed by atoms with E-state index in [4.69, 9.17) is 0 Å². The number of aromatic amines is 1. The third-order valence-electron chi connectivity index (χ3n) is 2.27. The fraction of sp³-hybridized carbons (Fsp3) is 0.300. The van der Waals surface area contributed by atoms with Crippen molar-refractivity contribution in [3.8, 4) is 0 Å². The largest absolute Gasteiger partial charge is 0.326 e. The molecule has 0 saturated carbocycles. The zero-order chi connectivity index (χ0) is 9.97. The Hall–Kier alpha value is -1.55. The van der Waals surface area contributed by atoms with E-state index >= 15 is 0 Å². The minimum atomic E-state index is -0.0403. The zero-order valence-corrected chi connectivity index (χ0v) is 8.08. The van der Waals surface area contributed by atoms with E-state index in [2.05, 4.69) is 10.3 Å². The van der Waals surface area contributed by atoms with Gasteiger partial charge >= 0.3 is 5.69 Å². The predicted molar refractivity (Wildman–Crippen MR) is 56.5 cm³/mol. The van der Waals surface area contributed by atoms with Crippen LogP contribution in [0.15, 0.2) is 29.1 Å². The monoisotopic (exact) mass is 191 g/mol. The molecule has 1 aromatic carbocycles. The van der Waals surface area contributed by atoms with Crippen LogP contribution in [-0.2, 0) is 6.54 Å². The molecule has 0 saturated heterocycles. The summed E-state index contributed by atoms with van der Waals surface area (Å²) in [5.74, 6) is 0. The Morgan fingerprint density at radius 2 is 2.21 bits per heavy atom. The van der Waals surface area contributed by atoms with Gasteiger partial charge in [0.2, 0.25) is 0 Å². The molecule has 0 amide bonds. The van der Waals surface area contributed by atoms with E-state index in [1.807, 2.05) is 31.3 Å². The number of H-pyrrole nitrogens is 1. The lowest BCUT2D eigenvalue weighted by Gasteiger charge is -2.01. The maximum atomic E-state index is 11.5. The van der Waals surface area contributed by atoms with Crippen LogP contribution >= 0.6 is 0 Å². The van der Waals surface area contributed by atoms with Crippen LogP contribution in [0.1, 0.15) is 0 Å². The summed E-state index contributed by atoms with van der Waals surface area (Å²) in [7, 11) is 1.87. The smallest absolute Gasteiger partial charge is 0.318 e. The highest BCUT2D eigenvalue weighted by Gasteiger charge is 2.03. The van der Waals surface area contributed by atoms with Crippen LogP contribution in [0, 0.1) is 0 Å². The molecule has 0 aliphatic carbocycles. The van der Waals surface area contributed by atoms with Gasteiger partial charge in [-0.15, -0.1) is 0 Å². The van der Waals surface area contributed by atoms with Gasteiger partial charge in [-0.05, 0) is 19.2 Å². The second kappa shape index (κ2) is 3.67. The Morgan fingerprint density at radius 3 is 3.00 bits per heavy atom. The third-order valence-corrected chi connectivity index (χ3v) is 2.27. The van der Waals surface area contributed by atoms with E-state index in [1.54, 1.807) is 4.57 Å². The lowest BCUT2D eigenvalue weighted by Crippen LogP contribution is -2.23. The topological polar surface area (TPSA) is 49.8 Å². The Morgan fingerprint density at radius 1 is 1.43 bits per heavy atom. The highest BCUT2D eigenvalue weighted by Crippen LogP contribution is 2.07. The number of rotatable bonds is 3. The number of hydrogen-bond acceptors (Lipinski definition) is 2. The van der Waals surface area contributed by atoms with Gasteiger partial charge in [0.05, 0.1) is 11.0 Å². The van der Waals surface area contributed by atoms with Gasteiger partial charge in [0.1, 0.15) is 0 Å². The molecule has 2 rings (SSSR count). The second-order valence-corrected chi connectivity index (χ2v) is 3.20. The molecule has 0 spiro atoms. The van der Waals surface area contributed by atoms with Crippen LogP contribution in [0.5, 0.6) is 0 Å². The van der Waals surface area contributed by atoms with E-state index in [-0.39, 0.29) is 5.69 Å². The van der Waals surface area contributed by atoms with Crippen LogP contribution < -0.4 is 11.0 Å². The maximum absolute atomic E-state index is 11.5. The van der Waals surface area contributed by atoms with Gasteiger partial charge in [0.25, 0.3) is 0 Å². The number of benzene rings is 1. The molecule has 14 heavy (non-hydrogen) atoms. The fourth-order valence-corrected chi connectivity index (χ4v) is 1.55. The van der Waals surface area contributed by atoms with Gasteiger partial charge in [-0.3, -0.25) is 4.57 Å². The predicted octanol–water partition coefficient (Wildman–Crippen LogP) is 0.549. The van der Waals surface area contributed by atoms with Crippen molar-refractivity contribution in [3.05, 3.63) is 34.7 Å². The van der Waals surface area contributed by atoms with Crippen LogP contribution in [0.2, 0.25) is 0 Å². The van der Waals surface area contributed by atoms with Crippen molar-refractivity contribution < 1.29 is 0 Å². The molecule has 0 radical (unpaired) electrons. The van der Waals surface area contributed by atoms with Crippen molar-refractivity contribution >= 4 is 11.0 Å². The Kier molecular flexibility index (Phi) is 2.37. The van der Waals surface area contributed by atoms with Crippen molar-refractivity contribution in [1.29, 1.82) is 0 Å². The molecule has 4 heteroatoms. The molecular weight excluding hydrogens is 178 g/mol. The number of hydrogen-bond donors (Lipinski definition) is 2. The van der Waals surface area contributed by atoms with Crippen LogP contribution in [0.25, 0.3) is 11.0 Å². The normalized spacial score (nSPS) is 10.9. The van der Waals surface area contributed by atoms with Crippen LogP contribution in [-0.4, -0.2) is 23.1 Å². The summed E-state index contributed by atoms with van der Waals surface area (Å²) in [6.45, 7) is 1.49. The molecule has 2 N–H and O–H groups in total. The number of aromatic nitrogens is 2.